The van der Waals surface area contributed by atoms with Crippen LogP contribution in [0.1, 0.15) is 26.3 Å². The molecule has 31 heavy (non-hydrogen) atoms. The van der Waals surface area contributed by atoms with Gasteiger partial charge in [0.25, 0.3) is 5.56 Å². The number of carbonyl (C=O) groups is 2. The van der Waals surface area contributed by atoms with Crippen LogP contribution in [0.2, 0.25) is 0 Å². The molecule has 2 aromatic carbocycles. The van der Waals surface area contributed by atoms with Gasteiger partial charge in [-0.15, -0.1) is 0 Å². The Morgan fingerprint density at radius 2 is 1.74 bits per heavy atom. The second kappa shape index (κ2) is 8.57. The number of ether oxygens (including phenoxy) is 2. The van der Waals surface area contributed by atoms with Gasteiger partial charge < -0.3 is 30.4 Å². The number of nitrogens with two attached hydrogens (primary N) is 1. The van der Waals surface area contributed by atoms with Crippen LogP contribution in [0.4, 0.5) is 10.2 Å². The van der Waals surface area contributed by atoms with Crippen molar-refractivity contribution in [2.24, 2.45) is 0 Å². The van der Waals surface area contributed by atoms with Crippen molar-refractivity contribution in [1.29, 1.82) is 0 Å². The molecule has 0 amide bonds. The van der Waals surface area contributed by atoms with Crippen molar-refractivity contribution in [2.75, 3.05) is 12.8 Å². The zero-order valence-electron chi connectivity index (χ0n) is 16.1. The fraction of sp³-hybridized carbons (Fsp3) is 0.0952. The van der Waals surface area contributed by atoms with Gasteiger partial charge in [-0.25, -0.2) is 14.0 Å². The van der Waals surface area contributed by atoms with Crippen molar-refractivity contribution < 1.29 is 33.7 Å². The summed E-state index contributed by atoms with van der Waals surface area (Å²) in [5.41, 5.74) is 3.12. The van der Waals surface area contributed by atoms with Crippen LogP contribution in [0.5, 0.6) is 11.5 Å². The van der Waals surface area contributed by atoms with Gasteiger partial charge in [-0.2, -0.15) is 0 Å². The number of hydrogen-bond acceptors (Lipinski definition) is 6. The average Bonchev–Trinajstić information content (AvgIpc) is 2.71. The van der Waals surface area contributed by atoms with Crippen LogP contribution in [-0.2, 0) is 6.61 Å². The van der Waals surface area contributed by atoms with Gasteiger partial charge in [0.15, 0.2) is 11.5 Å². The van der Waals surface area contributed by atoms with Gasteiger partial charge in [0.2, 0.25) is 0 Å². The maximum absolute atomic E-state index is 13.9. The molecule has 0 aliphatic rings. The summed E-state index contributed by atoms with van der Waals surface area (Å²) in [7, 11) is 1.36. The number of aromatic carboxylic acids is 2. The van der Waals surface area contributed by atoms with Crippen molar-refractivity contribution >= 4 is 17.8 Å². The minimum atomic E-state index is -1.64. The number of carboxylic acid groups (broad SMARTS) is 2. The van der Waals surface area contributed by atoms with Gasteiger partial charge in [0.05, 0.1) is 7.11 Å². The highest BCUT2D eigenvalue weighted by atomic mass is 19.1. The quantitative estimate of drug-likeness (QED) is 0.448. The highest BCUT2D eigenvalue weighted by molar-refractivity contribution is 6.07. The first-order valence-corrected chi connectivity index (χ1v) is 8.81. The molecule has 0 spiro atoms. The van der Waals surface area contributed by atoms with E-state index in [4.69, 9.17) is 15.2 Å². The summed E-state index contributed by atoms with van der Waals surface area (Å²) in [6.07, 6.45) is 0. The zero-order valence-corrected chi connectivity index (χ0v) is 16.1. The standard InChI is InChI=1S/C21H17FN2O7/c1-30-13-7-6-10(8-14(13)31-9-11-4-2-3-5-12(11)22)15-16(20(26)27)18(23)24-19(25)17(15)21(28)29/h2-8H,9H2,1H3,(H,26,27)(H,28,29)(H3,23,24,25). The molecule has 0 fully saturated rings. The minimum Gasteiger partial charge on any atom is -0.493 e. The fourth-order valence-corrected chi connectivity index (χ4v) is 3.05. The monoisotopic (exact) mass is 428 g/mol. The number of nitrogen functional groups attached to an aromatic ring is 1. The molecule has 0 radical (unpaired) electrons. The van der Waals surface area contributed by atoms with E-state index in [0.717, 1.165) is 0 Å². The number of carboxylic acids is 2. The zero-order chi connectivity index (χ0) is 22.7. The number of hydrogen-bond donors (Lipinski definition) is 4. The van der Waals surface area contributed by atoms with Crippen LogP contribution in [0.25, 0.3) is 11.1 Å². The van der Waals surface area contributed by atoms with Crippen molar-refractivity contribution in [2.45, 2.75) is 6.61 Å². The lowest BCUT2D eigenvalue weighted by atomic mass is 9.95. The summed E-state index contributed by atoms with van der Waals surface area (Å²) in [5, 5.41) is 19.1. The number of aromatic amines is 1. The predicted molar refractivity (Wildman–Crippen MR) is 108 cm³/mol. The molecule has 1 aromatic heterocycles. The number of methoxy groups -OCH3 is 1. The Labute approximate surface area is 174 Å². The second-order valence-electron chi connectivity index (χ2n) is 6.35. The van der Waals surface area contributed by atoms with Crippen LogP contribution in [0.15, 0.2) is 47.3 Å². The molecular weight excluding hydrogens is 411 g/mol. The van der Waals surface area contributed by atoms with Crippen molar-refractivity contribution in [1.82, 2.24) is 4.98 Å². The van der Waals surface area contributed by atoms with Gasteiger partial charge in [0, 0.05) is 11.1 Å². The molecule has 0 saturated carbocycles. The summed E-state index contributed by atoms with van der Waals surface area (Å²) in [5.74, 6) is -3.84. The number of pyridine rings is 1. The van der Waals surface area contributed by atoms with Gasteiger partial charge in [-0.05, 0) is 23.8 Å². The van der Waals surface area contributed by atoms with Crippen molar-refractivity contribution in [3.63, 3.8) is 0 Å². The fourth-order valence-electron chi connectivity index (χ4n) is 3.05. The highest BCUT2D eigenvalue weighted by Gasteiger charge is 2.27. The number of halogens is 1. The summed E-state index contributed by atoms with van der Waals surface area (Å²) in [6, 6.07) is 10.0. The Kier molecular flexibility index (Phi) is 5.91. The maximum atomic E-state index is 13.9. The van der Waals surface area contributed by atoms with E-state index in [-0.39, 0.29) is 34.8 Å². The molecule has 5 N–H and O–H groups in total. The van der Waals surface area contributed by atoms with E-state index in [1.54, 1.807) is 6.07 Å². The number of rotatable bonds is 7. The molecule has 0 atom stereocenters. The Morgan fingerprint density at radius 3 is 2.35 bits per heavy atom. The molecule has 1 heterocycles. The SMILES string of the molecule is COc1ccc(-c2c(C(=O)O)c(N)[nH]c(=O)c2C(=O)O)cc1OCc1ccccc1F. The van der Waals surface area contributed by atoms with Crippen LogP contribution in [-0.4, -0.2) is 34.2 Å². The molecule has 0 aliphatic carbocycles. The van der Waals surface area contributed by atoms with E-state index < -0.39 is 40.3 Å². The summed E-state index contributed by atoms with van der Waals surface area (Å²) in [4.78, 5) is 37.7. The van der Waals surface area contributed by atoms with Gasteiger partial charge in [-0.3, -0.25) is 4.79 Å². The molecule has 0 saturated heterocycles. The Bertz CT molecular complexity index is 1240. The van der Waals surface area contributed by atoms with Crippen LogP contribution >= 0.6 is 0 Å². The molecule has 3 aromatic rings. The first-order chi connectivity index (χ1) is 14.7. The van der Waals surface area contributed by atoms with Gasteiger partial charge in [-0.1, -0.05) is 24.3 Å². The third-order valence-corrected chi connectivity index (χ3v) is 4.47. The number of anilines is 1. The molecule has 0 unspecified atom stereocenters. The Hall–Kier alpha value is -4.34. The lowest BCUT2D eigenvalue weighted by Crippen LogP contribution is -2.24. The third kappa shape index (κ3) is 4.17. The normalized spacial score (nSPS) is 10.5. The Morgan fingerprint density at radius 1 is 1.06 bits per heavy atom. The largest absolute Gasteiger partial charge is 0.493 e. The van der Waals surface area contributed by atoms with E-state index in [0.29, 0.717) is 0 Å². The molecular formula is C21H17FN2O7. The van der Waals surface area contributed by atoms with Gasteiger partial charge in [0.1, 0.15) is 29.4 Å². The number of H-pyrrole nitrogens is 1. The van der Waals surface area contributed by atoms with E-state index >= 15 is 0 Å². The average molecular weight is 428 g/mol. The number of benzene rings is 2. The van der Waals surface area contributed by atoms with Crippen LogP contribution < -0.4 is 20.8 Å². The minimum absolute atomic E-state index is 0.0388. The van der Waals surface area contributed by atoms with E-state index in [2.05, 4.69) is 0 Å². The van der Waals surface area contributed by atoms with E-state index in [9.17, 15) is 29.0 Å². The predicted octanol–water partition coefficient (Wildman–Crippen LogP) is 2.75. The highest BCUT2D eigenvalue weighted by Crippen LogP contribution is 2.36. The lowest BCUT2D eigenvalue weighted by molar-refractivity contribution is 0.0695. The molecule has 3 rings (SSSR count). The number of aromatic nitrogens is 1. The van der Waals surface area contributed by atoms with E-state index in [1.807, 2.05) is 4.98 Å². The summed E-state index contributed by atoms with van der Waals surface area (Å²) >= 11 is 0. The maximum Gasteiger partial charge on any atom is 0.342 e. The lowest BCUT2D eigenvalue weighted by Gasteiger charge is -2.15. The summed E-state index contributed by atoms with van der Waals surface area (Å²) in [6.45, 7) is -0.179. The first kappa shape index (κ1) is 21.4. The topological polar surface area (TPSA) is 152 Å². The summed E-state index contributed by atoms with van der Waals surface area (Å²) < 4.78 is 24.8. The van der Waals surface area contributed by atoms with Crippen molar-refractivity contribution in [3.05, 3.63) is 75.3 Å². The smallest absolute Gasteiger partial charge is 0.342 e. The van der Waals surface area contributed by atoms with E-state index in [1.165, 1.54) is 43.5 Å². The Balaban J connectivity index is 2.17. The molecule has 10 heteroatoms. The van der Waals surface area contributed by atoms with Crippen LogP contribution in [0.3, 0.4) is 0 Å². The second-order valence-corrected chi connectivity index (χ2v) is 6.35. The van der Waals surface area contributed by atoms with Gasteiger partial charge >= 0.3 is 11.9 Å². The molecule has 0 aliphatic heterocycles. The first-order valence-electron chi connectivity index (χ1n) is 8.81. The van der Waals surface area contributed by atoms with Crippen LogP contribution in [0, 0.1) is 5.82 Å². The third-order valence-electron chi connectivity index (χ3n) is 4.47. The molecule has 9 nitrogen and oxygen atoms in total. The molecule has 0 bridgehead atoms. The van der Waals surface area contributed by atoms with Crippen molar-refractivity contribution in [3.8, 4) is 22.6 Å². The number of nitrogens with one attached hydrogen (secondary N) is 1. The molecule has 160 valence electrons.